The van der Waals surface area contributed by atoms with Gasteiger partial charge >= 0.3 is 0 Å². The number of hydrogen-bond donors (Lipinski definition) is 1. The zero-order valence-corrected chi connectivity index (χ0v) is 10.8. The molecule has 0 aliphatic heterocycles. The topological polar surface area (TPSA) is 42.0 Å². The van der Waals surface area contributed by atoms with E-state index in [1.54, 1.807) is 12.3 Å². The number of aromatic nitrogens is 1. The molecular weight excluding hydrogens is 236 g/mol. The van der Waals surface area contributed by atoms with Crippen molar-refractivity contribution < 1.29 is 4.79 Å². The highest BCUT2D eigenvalue weighted by molar-refractivity contribution is 6.33. The van der Waals surface area contributed by atoms with Crippen molar-refractivity contribution in [3.8, 4) is 0 Å². The maximum Gasteiger partial charge on any atom is 0.252 e. The summed E-state index contributed by atoms with van der Waals surface area (Å²) in [7, 11) is 0. The Bertz CT molecular complexity index is 414. The molecule has 0 saturated heterocycles. The van der Waals surface area contributed by atoms with E-state index in [0.29, 0.717) is 10.6 Å². The van der Waals surface area contributed by atoms with Crippen LogP contribution in [0.25, 0.3) is 0 Å². The molecular formula is C13H17ClN2O. The number of pyridine rings is 1. The first-order valence-electron chi connectivity index (χ1n) is 5.98. The van der Waals surface area contributed by atoms with Gasteiger partial charge in [-0.3, -0.25) is 9.78 Å². The summed E-state index contributed by atoms with van der Waals surface area (Å²) in [5, 5.41) is 3.38. The van der Waals surface area contributed by atoms with E-state index in [0.717, 1.165) is 6.54 Å². The molecule has 2 rings (SSSR count). The minimum atomic E-state index is -0.106. The average molecular weight is 253 g/mol. The number of hydrogen-bond acceptors (Lipinski definition) is 2. The van der Waals surface area contributed by atoms with Crippen LogP contribution in [0.4, 0.5) is 0 Å². The van der Waals surface area contributed by atoms with Gasteiger partial charge in [0, 0.05) is 18.9 Å². The van der Waals surface area contributed by atoms with Gasteiger partial charge < -0.3 is 5.32 Å². The first kappa shape index (κ1) is 12.4. The van der Waals surface area contributed by atoms with Crippen molar-refractivity contribution in [3.63, 3.8) is 0 Å². The molecule has 3 nitrogen and oxygen atoms in total. The van der Waals surface area contributed by atoms with E-state index in [1.807, 2.05) is 0 Å². The maximum absolute atomic E-state index is 11.9. The molecule has 92 valence electrons. The van der Waals surface area contributed by atoms with Crippen LogP contribution in [-0.4, -0.2) is 17.4 Å². The Morgan fingerprint density at radius 3 is 2.88 bits per heavy atom. The fourth-order valence-electron chi connectivity index (χ4n) is 2.35. The van der Waals surface area contributed by atoms with Gasteiger partial charge in [-0.15, -0.1) is 0 Å². The normalized spacial score (nSPS) is 18.0. The Kier molecular flexibility index (Phi) is 3.67. The summed E-state index contributed by atoms with van der Waals surface area (Å²) in [4.78, 5) is 15.8. The van der Waals surface area contributed by atoms with E-state index in [2.05, 4.69) is 17.2 Å². The second kappa shape index (κ2) is 5.05. The molecule has 1 N–H and O–H groups in total. The zero-order chi connectivity index (χ0) is 12.3. The van der Waals surface area contributed by atoms with Gasteiger partial charge in [0.15, 0.2) is 0 Å². The molecule has 0 bridgehead atoms. The number of rotatable bonds is 3. The first-order chi connectivity index (χ1) is 8.11. The summed E-state index contributed by atoms with van der Waals surface area (Å²) in [6.07, 6.45) is 7.99. The minimum Gasteiger partial charge on any atom is -0.351 e. The van der Waals surface area contributed by atoms with E-state index in [1.165, 1.54) is 31.9 Å². The number of carbonyl (C=O) groups excluding carboxylic acids is 1. The largest absolute Gasteiger partial charge is 0.351 e. The number of carbonyl (C=O) groups is 1. The van der Waals surface area contributed by atoms with E-state index < -0.39 is 0 Å². The van der Waals surface area contributed by atoms with Crippen LogP contribution in [0.2, 0.25) is 5.02 Å². The van der Waals surface area contributed by atoms with Gasteiger partial charge in [0.25, 0.3) is 5.91 Å². The number of amides is 1. The first-order valence-corrected chi connectivity index (χ1v) is 6.36. The molecule has 1 fully saturated rings. The van der Waals surface area contributed by atoms with Gasteiger partial charge in [-0.25, -0.2) is 0 Å². The number of nitrogens with one attached hydrogen (secondary N) is 1. The smallest absolute Gasteiger partial charge is 0.252 e. The third-order valence-electron chi connectivity index (χ3n) is 3.50. The van der Waals surface area contributed by atoms with Crippen molar-refractivity contribution in [3.05, 3.63) is 29.0 Å². The predicted octanol–water partition coefficient (Wildman–Crippen LogP) is 3.05. The molecule has 1 aliphatic carbocycles. The second-order valence-corrected chi connectivity index (χ2v) is 5.46. The van der Waals surface area contributed by atoms with Crippen LogP contribution < -0.4 is 5.32 Å². The SMILES string of the molecule is CC1(CNC(=O)c2ccncc2Cl)CCCC1. The number of nitrogens with zero attached hydrogens (tertiary/aromatic N) is 1. The van der Waals surface area contributed by atoms with Crippen LogP contribution in [-0.2, 0) is 0 Å². The van der Waals surface area contributed by atoms with E-state index in [-0.39, 0.29) is 11.3 Å². The van der Waals surface area contributed by atoms with Crippen molar-refractivity contribution in [1.29, 1.82) is 0 Å². The Balaban J connectivity index is 1.96. The molecule has 0 unspecified atom stereocenters. The molecule has 1 heterocycles. The van der Waals surface area contributed by atoms with Crippen LogP contribution in [0.15, 0.2) is 18.5 Å². The van der Waals surface area contributed by atoms with E-state index in [9.17, 15) is 4.79 Å². The summed E-state index contributed by atoms with van der Waals surface area (Å²) < 4.78 is 0. The van der Waals surface area contributed by atoms with Gasteiger partial charge in [-0.2, -0.15) is 0 Å². The fraction of sp³-hybridized carbons (Fsp3) is 0.538. The van der Waals surface area contributed by atoms with Crippen molar-refractivity contribution in [1.82, 2.24) is 10.3 Å². The molecule has 0 radical (unpaired) electrons. The Morgan fingerprint density at radius 2 is 2.24 bits per heavy atom. The molecule has 1 aromatic heterocycles. The highest BCUT2D eigenvalue weighted by Crippen LogP contribution is 2.36. The van der Waals surface area contributed by atoms with Crippen LogP contribution in [0.1, 0.15) is 43.0 Å². The Morgan fingerprint density at radius 1 is 1.53 bits per heavy atom. The summed E-state index contributed by atoms with van der Waals surface area (Å²) in [6, 6.07) is 1.65. The van der Waals surface area contributed by atoms with Crippen molar-refractivity contribution >= 4 is 17.5 Å². The van der Waals surface area contributed by atoms with E-state index >= 15 is 0 Å². The molecule has 17 heavy (non-hydrogen) atoms. The second-order valence-electron chi connectivity index (χ2n) is 5.06. The van der Waals surface area contributed by atoms with Crippen molar-refractivity contribution in [2.75, 3.05) is 6.54 Å². The molecule has 0 spiro atoms. The lowest BCUT2D eigenvalue weighted by Gasteiger charge is -2.23. The molecule has 0 atom stereocenters. The zero-order valence-electron chi connectivity index (χ0n) is 10.0. The molecule has 1 aromatic rings. The summed E-state index contributed by atoms with van der Waals surface area (Å²) in [5.74, 6) is -0.106. The van der Waals surface area contributed by atoms with Crippen LogP contribution in [0, 0.1) is 5.41 Å². The summed E-state index contributed by atoms with van der Waals surface area (Å²) in [5.41, 5.74) is 0.762. The van der Waals surface area contributed by atoms with Gasteiger partial charge in [0.1, 0.15) is 0 Å². The molecule has 1 amide bonds. The third-order valence-corrected chi connectivity index (χ3v) is 3.80. The number of halogens is 1. The lowest BCUT2D eigenvalue weighted by Crippen LogP contribution is -2.34. The highest BCUT2D eigenvalue weighted by Gasteiger charge is 2.29. The molecule has 1 saturated carbocycles. The lowest BCUT2D eigenvalue weighted by atomic mass is 9.89. The van der Waals surface area contributed by atoms with Crippen LogP contribution in [0.3, 0.4) is 0 Å². The molecule has 0 aromatic carbocycles. The van der Waals surface area contributed by atoms with Gasteiger partial charge in [0.2, 0.25) is 0 Å². The average Bonchev–Trinajstić information content (AvgIpc) is 2.74. The molecule has 4 heteroatoms. The summed E-state index contributed by atoms with van der Waals surface area (Å²) >= 11 is 5.93. The van der Waals surface area contributed by atoms with Crippen molar-refractivity contribution in [2.24, 2.45) is 5.41 Å². The van der Waals surface area contributed by atoms with Gasteiger partial charge in [-0.05, 0) is 24.3 Å². The fourth-order valence-corrected chi connectivity index (χ4v) is 2.56. The quantitative estimate of drug-likeness (QED) is 0.899. The van der Waals surface area contributed by atoms with Gasteiger partial charge in [-0.1, -0.05) is 31.4 Å². The lowest BCUT2D eigenvalue weighted by molar-refractivity contribution is 0.0934. The monoisotopic (exact) mass is 252 g/mol. The van der Waals surface area contributed by atoms with E-state index in [4.69, 9.17) is 11.6 Å². The summed E-state index contributed by atoms with van der Waals surface area (Å²) in [6.45, 7) is 2.96. The van der Waals surface area contributed by atoms with Crippen LogP contribution in [0.5, 0.6) is 0 Å². The Labute approximate surface area is 107 Å². The van der Waals surface area contributed by atoms with Gasteiger partial charge in [0.05, 0.1) is 10.6 Å². The Hall–Kier alpha value is -1.09. The predicted molar refractivity (Wildman–Crippen MR) is 68.2 cm³/mol. The van der Waals surface area contributed by atoms with Crippen LogP contribution >= 0.6 is 11.6 Å². The minimum absolute atomic E-state index is 0.106. The maximum atomic E-state index is 11.9. The standard InChI is InChI=1S/C13H17ClN2O/c1-13(5-2-3-6-13)9-16-12(17)10-4-7-15-8-11(10)14/h4,7-8H,2-3,5-6,9H2,1H3,(H,16,17). The van der Waals surface area contributed by atoms with Crippen molar-refractivity contribution in [2.45, 2.75) is 32.6 Å². The molecule has 1 aliphatic rings. The third kappa shape index (κ3) is 2.97. The highest BCUT2D eigenvalue weighted by atomic mass is 35.5.